The number of carboxylic acid groups (broad SMARTS) is 1. The van der Waals surface area contributed by atoms with Crippen LogP contribution in [0.25, 0.3) is 0 Å². The van der Waals surface area contributed by atoms with Crippen LogP contribution in [0.1, 0.15) is 36.5 Å². The van der Waals surface area contributed by atoms with Crippen LogP contribution in [0.15, 0.2) is 29.2 Å². The Morgan fingerprint density at radius 1 is 1.33 bits per heavy atom. The van der Waals surface area contributed by atoms with Gasteiger partial charge in [-0.25, -0.2) is 13.1 Å². The highest BCUT2D eigenvalue weighted by molar-refractivity contribution is 7.89. The molecule has 7 heteroatoms. The molecule has 0 radical (unpaired) electrons. The molecule has 2 N–H and O–H groups in total. The van der Waals surface area contributed by atoms with E-state index in [4.69, 9.17) is 0 Å². The van der Waals surface area contributed by atoms with Crippen LogP contribution in [0.4, 0.5) is 0 Å². The molecule has 0 aromatic heterocycles. The zero-order valence-corrected chi connectivity index (χ0v) is 12.4. The highest BCUT2D eigenvalue weighted by Crippen LogP contribution is 2.40. The second-order valence-electron chi connectivity index (χ2n) is 5.35. The van der Waals surface area contributed by atoms with Crippen molar-refractivity contribution in [3.8, 4) is 0 Å². The number of hydrogen-bond donors (Lipinski definition) is 2. The molecule has 114 valence electrons. The van der Waals surface area contributed by atoms with Gasteiger partial charge in [-0.15, -0.1) is 0 Å². The molecule has 1 aliphatic rings. The first-order valence-corrected chi connectivity index (χ1v) is 8.09. The summed E-state index contributed by atoms with van der Waals surface area (Å²) in [5.74, 6) is -1.21. The maximum absolute atomic E-state index is 12.2. The van der Waals surface area contributed by atoms with E-state index in [2.05, 4.69) is 4.72 Å². The number of benzene rings is 1. The van der Waals surface area contributed by atoms with E-state index in [1.807, 2.05) is 0 Å². The summed E-state index contributed by atoms with van der Waals surface area (Å²) < 4.78 is 26.7. The number of carboxylic acids is 1. The third-order valence-electron chi connectivity index (χ3n) is 3.92. The van der Waals surface area contributed by atoms with Gasteiger partial charge < -0.3 is 5.11 Å². The Morgan fingerprint density at radius 3 is 2.48 bits per heavy atom. The van der Waals surface area contributed by atoms with Gasteiger partial charge in [0.2, 0.25) is 10.0 Å². The minimum absolute atomic E-state index is 0.0323. The van der Waals surface area contributed by atoms with Gasteiger partial charge in [-0.1, -0.05) is 18.6 Å². The third kappa shape index (κ3) is 3.14. The van der Waals surface area contributed by atoms with Crippen LogP contribution in [0.5, 0.6) is 0 Å². The number of aliphatic carboxylic acids is 1. The number of rotatable bonds is 6. The topological polar surface area (TPSA) is 101 Å². The molecule has 6 nitrogen and oxygen atoms in total. The van der Waals surface area contributed by atoms with E-state index in [0.717, 1.165) is 6.42 Å². The molecular formula is C14H17NO5S. The van der Waals surface area contributed by atoms with Crippen LogP contribution in [-0.4, -0.2) is 31.8 Å². The molecule has 21 heavy (non-hydrogen) atoms. The lowest BCUT2D eigenvalue weighted by molar-refractivity contribution is -0.153. The van der Waals surface area contributed by atoms with Crippen molar-refractivity contribution in [1.29, 1.82) is 0 Å². The zero-order valence-electron chi connectivity index (χ0n) is 11.6. The smallest absolute Gasteiger partial charge is 0.310 e. The van der Waals surface area contributed by atoms with Crippen LogP contribution >= 0.6 is 0 Å². The molecule has 2 rings (SSSR count). The number of hydrogen-bond acceptors (Lipinski definition) is 4. The van der Waals surface area contributed by atoms with Gasteiger partial charge in [0.25, 0.3) is 0 Å². The van der Waals surface area contributed by atoms with Crippen LogP contribution in [0.3, 0.4) is 0 Å². The number of ketones is 1. The first-order chi connectivity index (χ1) is 9.77. The lowest BCUT2D eigenvalue weighted by Crippen LogP contribution is -2.47. The second-order valence-corrected chi connectivity index (χ2v) is 7.11. The molecule has 0 atom stereocenters. The summed E-state index contributed by atoms with van der Waals surface area (Å²) in [6.45, 7) is 1.22. The number of carbonyl (C=O) groups is 2. The van der Waals surface area contributed by atoms with E-state index in [1.165, 1.54) is 31.2 Å². The van der Waals surface area contributed by atoms with Gasteiger partial charge in [0.05, 0.1) is 10.3 Å². The fourth-order valence-corrected chi connectivity index (χ4v) is 3.44. The highest BCUT2D eigenvalue weighted by atomic mass is 32.2. The van der Waals surface area contributed by atoms with Gasteiger partial charge in [-0.2, -0.15) is 0 Å². The van der Waals surface area contributed by atoms with Crippen molar-refractivity contribution in [2.24, 2.45) is 5.41 Å². The normalized spacial score (nSPS) is 17.0. The fraction of sp³-hybridized carbons (Fsp3) is 0.429. The molecule has 0 unspecified atom stereocenters. The zero-order chi connectivity index (χ0) is 15.7. The summed E-state index contributed by atoms with van der Waals surface area (Å²) in [6.07, 6.45) is 1.73. The van der Waals surface area contributed by atoms with Crippen molar-refractivity contribution in [3.05, 3.63) is 29.8 Å². The van der Waals surface area contributed by atoms with Gasteiger partial charge in [0.1, 0.15) is 0 Å². The van der Waals surface area contributed by atoms with E-state index in [9.17, 15) is 23.1 Å². The SMILES string of the molecule is CC(=O)c1cccc(S(=O)(=O)NCC2(C(=O)O)CCC2)c1. The van der Waals surface area contributed by atoms with Crippen LogP contribution in [-0.2, 0) is 14.8 Å². The summed E-state index contributed by atoms with van der Waals surface area (Å²) in [5.41, 5.74) is -0.694. The standard InChI is InChI=1S/C14H17NO5S/c1-10(16)11-4-2-5-12(8-11)21(19,20)15-9-14(13(17)18)6-3-7-14/h2,4-5,8,15H,3,6-7,9H2,1H3,(H,17,18). The molecule has 0 heterocycles. The Kier molecular flexibility index (Phi) is 4.15. The Morgan fingerprint density at radius 2 is 2.00 bits per heavy atom. The van der Waals surface area contributed by atoms with Gasteiger partial charge in [0, 0.05) is 12.1 Å². The van der Waals surface area contributed by atoms with Gasteiger partial charge in [-0.3, -0.25) is 9.59 Å². The number of Topliss-reactive ketones (excluding diaryl/α,β-unsaturated/α-hetero) is 1. The predicted molar refractivity (Wildman–Crippen MR) is 75.6 cm³/mol. The van der Waals surface area contributed by atoms with E-state index < -0.39 is 21.4 Å². The molecule has 1 aliphatic carbocycles. The first kappa shape index (κ1) is 15.7. The molecule has 0 spiro atoms. The van der Waals surface area contributed by atoms with Crippen molar-refractivity contribution < 1.29 is 23.1 Å². The molecule has 1 fully saturated rings. The molecule has 1 saturated carbocycles. The van der Waals surface area contributed by atoms with Crippen LogP contribution in [0.2, 0.25) is 0 Å². The van der Waals surface area contributed by atoms with Crippen molar-refractivity contribution in [1.82, 2.24) is 4.72 Å². The van der Waals surface area contributed by atoms with Crippen molar-refractivity contribution in [2.45, 2.75) is 31.1 Å². The first-order valence-electron chi connectivity index (χ1n) is 6.61. The molecule has 1 aromatic rings. The third-order valence-corrected chi connectivity index (χ3v) is 5.31. The maximum Gasteiger partial charge on any atom is 0.310 e. The fourth-order valence-electron chi connectivity index (χ4n) is 2.27. The average Bonchev–Trinajstić information content (AvgIpc) is 2.37. The van der Waals surface area contributed by atoms with Crippen LogP contribution < -0.4 is 4.72 Å². The monoisotopic (exact) mass is 311 g/mol. The Bertz CT molecular complexity index is 676. The lowest BCUT2D eigenvalue weighted by Gasteiger charge is -2.37. The quantitative estimate of drug-likeness (QED) is 0.774. The largest absolute Gasteiger partial charge is 0.481 e. The van der Waals surface area contributed by atoms with Crippen LogP contribution in [0, 0.1) is 5.41 Å². The Balaban J connectivity index is 2.17. The molecule has 0 saturated heterocycles. The molecular weight excluding hydrogens is 294 g/mol. The number of nitrogens with one attached hydrogen (secondary N) is 1. The molecule has 1 aromatic carbocycles. The summed E-state index contributed by atoms with van der Waals surface area (Å²) in [5, 5.41) is 9.19. The van der Waals surface area contributed by atoms with Crippen molar-refractivity contribution >= 4 is 21.8 Å². The summed E-state index contributed by atoms with van der Waals surface area (Å²) in [6, 6.07) is 5.69. The van der Waals surface area contributed by atoms with Crippen molar-refractivity contribution in [3.63, 3.8) is 0 Å². The maximum atomic E-state index is 12.2. The average molecular weight is 311 g/mol. The van der Waals surface area contributed by atoms with Gasteiger partial charge in [0.15, 0.2) is 5.78 Å². The minimum atomic E-state index is -3.82. The minimum Gasteiger partial charge on any atom is -0.481 e. The van der Waals surface area contributed by atoms with E-state index in [-0.39, 0.29) is 17.2 Å². The molecule has 0 aliphatic heterocycles. The molecule has 0 bridgehead atoms. The van der Waals surface area contributed by atoms with E-state index in [0.29, 0.717) is 18.4 Å². The Hall–Kier alpha value is -1.73. The van der Waals surface area contributed by atoms with E-state index in [1.54, 1.807) is 0 Å². The highest BCUT2D eigenvalue weighted by Gasteiger charge is 2.44. The summed E-state index contributed by atoms with van der Waals surface area (Å²) >= 11 is 0. The summed E-state index contributed by atoms with van der Waals surface area (Å²) in [7, 11) is -3.82. The molecule has 0 amide bonds. The van der Waals surface area contributed by atoms with Gasteiger partial charge >= 0.3 is 5.97 Å². The van der Waals surface area contributed by atoms with Gasteiger partial charge in [-0.05, 0) is 31.9 Å². The summed E-state index contributed by atoms with van der Waals surface area (Å²) in [4.78, 5) is 22.5. The number of sulfonamides is 1. The predicted octanol–water partition coefficient (Wildman–Crippen LogP) is 1.42. The number of carbonyl (C=O) groups excluding carboxylic acids is 1. The van der Waals surface area contributed by atoms with E-state index >= 15 is 0 Å². The second kappa shape index (κ2) is 5.57. The lowest BCUT2D eigenvalue weighted by atomic mass is 9.69. The Labute approximate surface area is 123 Å². The van der Waals surface area contributed by atoms with Crippen molar-refractivity contribution in [2.75, 3.05) is 6.54 Å².